The molecule has 1 aliphatic heterocycles. The molecule has 3 heteroatoms. The molecule has 3 atom stereocenters. The highest BCUT2D eigenvalue weighted by atomic mass is 79.9. The van der Waals surface area contributed by atoms with Crippen LogP contribution in [0.25, 0.3) is 5.57 Å². The van der Waals surface area contributed by atoms with Crippen LogP contribution in [0.4, 0.5) is 0 Å². The summed E-state index contributed by atoms with van der Waals surface area (Å²) in [7, 11) is 0. The highest BCUT2D eigenvalue weighted by Crippen LogP contribution is 2.55. The van der Waals surface area contributed by atoms with E-state index in [0.717, 1.165) is 30.2 Å². The minimum Gasteiger partial charge on any atom is -0.341 e. The van der Waals surface area contributed by atoms with Gasteiger partial charge in [0, 0.05) is 10.9 Å². The smallest absolute Gasteiger partial charge is 0.189 e. The van der Waals surface area contributed by atoms with Crippen LogP contribution < -0.4 is 0 Å². The summed E-state index contributed by atoms with van der Waals surface area (Å²) in [5, 5.41) is 0. The topological polar surface area (TPSA) is 18.5 Å². The van der Waals surface area contributed by atoms with Crippen molar-refractivity contribution in [3.63, 3.8) is 0 Å². The molecule has 0 saturated carbocycles. The molecule has 0 bridgehead atoms. The lowest BCUT2D eigenvalue weighted by atomic mass is 9.62. The highest BCUT2D eigenvalue weighted by Gasteiger charge is 2.51. The molecule has 0 amide bonds. The van der Waals surface area contributed by atoms with Gasteiger partial charge in [-0.05, 0) is 62.0 Å². The molecule has 0 aromatic heterocycles. The van der Waals surface area contributed by atoms with E-state index in [1.807, 2.05) is 0 Å². The Hall–Kier alpha value is -1.08. The number of hydrogen-bond donors (Lipinski definition) is 0. The zero-order chi connectivity index (χ0) is 16.2. The number of benzene rings is 1. The summed E-state index contributed by atoms with van der Waals surface area (Å²) < 4.78 is 13.5. The van der Waals surface area contributed by atoms with E-state index in [-0.39, 0.29) is 17.6 Å². The molecular weight excluding hydrogens is 352 g/mol. The Labute approximate surface area is 146 Å². The van der Waals surface area contributed by atoms with E-state index in [9.17, 15) is 0 Å². The summed E-state index contributed by atoms with van der Waals surface area (Å²) >= 11 is 3.73. The fourth-order valence-corrected chi connectivity index (χ4v) is 4.83. The van der Waals surface area contributed by atoms with Crippen LogP contribution in [0.5, 0.6) is 0 Å². The average Bonchev–Trinajstić information content (AvgIpc) is 2.81. The van der Waals surface area contributed by atoms with Crippen LogP contribution in [-0.2, 0) is 15.9 Å². The summed E-state index contributed by atoms with van der Waals surface area (Å²) in [5.41, 5.74) is 3.62. The van der Waals surface area contributed by atoms with Gasteiger partial charge in [-0.3, -0.25) is 0 Å². The second-order valence-corrected chi connectivity index (χ2v) is 7.87. The maximum absolute atomic E-state index is 6.21. The van der Waals surface area contributed by atoms with Crippen LogP contribution in [0.15, 0.2) is 28.7 Å². The Balaban J connectivity index is 1.89. The average molecular weight is 373 g/mol. The van der Waals surface area contributed by atoms with Crippen molar-refractivity contribution < 1.29 is 9.47 Å². The van der Waals surface area contributed by atoms with E-state index in [2.05, 4.69) is 60.0 Å². The maximum Gasteiger partial charge on any atom is 0.189 e. The van der Waals surface area contributed by atoms with E-state index >= 15 is 0 Å². The number of hydrogen-bond acceptors (Lipinski definition) is 2. The molecule has 1 aromatic carbocycles. The van der Waals surface area contributed by atoms with Crippen molar-refractivity contribution in [2.75, 3.05) is 0 Å². The summed E-state index contributed by atoms with van der Waals surface area (Å²) in [6.45, 7) is 4.15. The van der Waals surface area contributed by atoms with Crippen molar-refractivity contribution in [3.8, 4) is 12.3 Å². The quantitative estimate of drug-likeness (QED) is 0.613. The molecule has 4 rings (SSSR count). The zero-order valence-electron chi connectivity index (χ0n) is 13.6. The van der Waals surface area contributed by atoms with Crippen molar-refractivity contribution in [1.82, 2.24) is 0 Å². The Kier molecular flexibility index (Phi) is 3.50. The van der Waals surface area contributed by atoms with Gasteiger partial charge in [-0.2, -0.15) is 0 Å². The molecule has 2 nitrogen and oxygen atoms in total. The van der Waals surface area contributed by atoms with Gasteiger partial charge in [0.2, 0.25) is 0 Å². The Morgan fingerprint density at radius 1 is 1.17 bits per heavy atom. The van der Waals surface area contributed by atoms with Gasteiger partial charge in [-0.15, -0.1) is 6.42 Å². The van der Waals surface area contributed by atoms with Crippen LogP contribution in [0, 0.1) is 17.8 Å². The highest BCUT2D eigenvalue weighted by molar-refractivity contribution is 9.10. The number of allylic oxidation sites excluding steroid dienone is 1. The van der Waals surface area contributed by atoms with Gasteiger partial charge in [-0.1, -0.05) is 34.0 Å². The molecule has 1 saturated heterocycles. The molecule has 1 spiro atoms. The van der Waals surface area contributed by atoms with E-state index in [4.69, 9.17) is 15.9 Å². The van der Waals surface area contributed by atoms with Crippen LogP contribution >= 0.6 is 15.9 Å². The molecule has 0 N–H and O–H groups in total. The van der Waals surface area contributed by atoms with E-state index in [1.54, 1.807) is 0 Å². The number of rotatable bonds is 0. The standard InChI is InChI=1S/C20H21BrO2/c1-4-19-9-8-15-6-5-7-17(21)18(15)16(19)12-20(11-10-19)22-13(2)14(3)23-20/h1,5-7,12-14H,8-11H2,2-3H3. The lowest BCUT2D eigenvalue weighted by molar-refractivity contribution is -0.145. The normalized spacial score (nSPS) is 38.6. The van der Waals surface area contributed by atoms with Crippen molar-refractivity contribution in [1.29, 1.82) is 0 Å². The molecule has 1 heterocycles. The second-order valence-electron chi connectivity index (χ2n) is 7.02. The first-order chi connectivity index (χ1) is 11.0. The lowest BCUT2D eigenvalue weighted by Gasteiger charge is -2.44. The van der Waals surface area contributed by atoms with Gasteiger partial charge in [-0.25, -0.2) is 0 Å². The predicted molar refractivity (Wildman–Crippen MR) is 94.8 cm³/mol. The summed E-state index contributed by atoms with van der Waals surface area (Å²) in [6, 6.07) is 6.39. The van der Waals surface area contributed by atoms with Gasteiger partial charge in [0.1, 0.15) is 0 Å². The van der Waals surface area contributed by atoms with Gasteiger partial charge >= 0.3 is 0 Å². The van der Waals surface area contributed by atoms with Crippen LogP contribution in [0.2, 0.25) is 0 Å². The minimum absolute atomic E-state index is 0.104. The summed E-state index contributed by atoms with van der Waals surface area (Å²) in [6.07, 6.45) is 12.2. The predicted octanol–water partition coefficient (Wildman–Crippen LogP) is 4.71. The number of halogens is 1. The maximum atomic E-state index is 6.21. The van der Waals surface area contributed by atoms with E-state index in [1.165, 1.54) is 16.7 Å². The molecular formula is C20H21BrO2. The molecule has 2 aliphatic carbocycles. The molecule has 120 valence electrons. The number of terminal acetylenes is 1. The number of aryl methyl sites for hydroxylation is 1. The lowest BCUT2D eigenvalue weighted by Crippen LogP contribution is -2.40. The second kappa shape index (κ2) is 5.21. The number of ether oxygens (including phenoxy) is 2. The largest absolute Gasteiger partial charge is 0.341 e. The zero-order valence-corrected chi connectivity index (χ0v) is 15.2. The molecule has 1 aromatic rings. The van der Waals surface area contributed by atoms with Gasteiger partial charge in [0.05, 0.1) is 17.6 Å². The molecule has 3 unspecified atom stereocenters. The summed E-state index contributed by atoms with van der Waals surface area (Å²) in [5.74, 6) is 2.50. The van der Waals surface area contributed by atoms with Crippen molar-refractivity contribution in [2.24, 2.45) is 5.41 Å². The van der Waals surface area contributed by atoms with E-state index in [0.29, 0.717) is 0 Å². The first-order valence-corrected chi connectivity index (χ1v) is 9.12. The van der Waals surface area contributed by atoms with Crippen LogP contribution in [0.3, 0.4) is 0 Å². The molecule has 3 aliphatic rings. The van der Waals surface area contributed by atoms with E-state index < -0.39 is 5.79 Å². The van der Waals surface area contributed by atoms with Crippen molar-refractivity contribution in [3.05, 3.63) is 39.9 Å². The molecule has 0 radical (unpaired) electrons. The Morgan fingerprint density at radius 3 is 2.61 bits per heavy atom. The number of fused-ring (bicyclic) bond motifs is 3. The molecule has 1 fully saturated rings. The SMILES string of the molecule is C#CC12CCc3cccc(Br)c3C1=CC1(CC2)OC(C)C(C)O1. The fourth-order valence-electron chi connectivity index (χ4n) is 4.21. The first-order valence-electron chi connectivity index (χ1n) is 8.33. The van der Waals surface area contributed by atoms with Crippen molar-refractivity contribution in [2.45, 2.75) is 57.5 Å². The Morgan fingerprint density at radius 2 is 1.91 bits per heavy atom. The molecule has 23 heavy (non-hydrogen) atoms. The third-order valence-corrected chi connectivity index (χ3v) is 6.34. The monoisotopic (exact) mass is 372 g/mol. The van der Waals surface area contributed by atoms with Crippen LogP contribution in [0.1, 0.15) is 44.2 Å². The minimum atomic E-state index is -0.613. The first kappa shape index (κ1) is 15.4. The van der Waals surface area contributed by atoms with Crippen LogP contribution in [-0.4, -0.2) is 18.0 Å². The third-order valence-electron chi connectivity index (χ3n) is 5.68. The van der Waals surface area contributed by atoms with Gasteiger partial charge in [0.25, 0.3) is 0 Å². The van der Waals surface area contributed by atoms with Gasteiger partial charge < -0.3 is 9.47 Å². The van der Waals surface area contributed by atoms with Gasteiger partial charge in [0.15, 0.2) is 5.79 Å². The van der Waals surface area contributed by atoms with Crippen molar-refractivity contribution >= 4 is 21.5 Å². The third kappa shape index (κ3) is 2.23. The Bertz CT molecular complexity index is 720. The fraction of sp³-hybridized carbons (Fsp3) is 0.500. The summed E-state index contributed by atoms with van der Waals surface area (Å²) in [4.78, 5) is 0.